The molecule has 0 saturated carbocycles. The zero-order valence-corrected chi connectivity index (χ0v) is 9.74. The fraction of sp³-hybridized carbons (Fsp3) is 0.538. The van der Waals surface area contributed by atoms with E-state index in [0.29, 0.717) is 6.10 Å². The molecule has 0 bridgehead atoms. The fourth-order valence-corrected chi connectivity index (χ4v) is 1.96. The van der Waals surface area contributed by atoms with Gasteiger partial charge in [-0.3, -0.25) is 0 Å². The molecule has 1 aliphatic heterocycles. The molecule has 1 unspecified atom stereocenters. The standard InChI is InChI=1S/C13H19NO2/c1-15-12-6-4-11(5-7-12)14-9-8-13-3-2-10-16-13/h4-7,13-14H,2-3,8-10H2,1H3. The average Bonchev–Trinajstić information content (AvgIpc) is 2.83. The minimum Gasteiger partial charge on any atom is -0.497 e. The second-order valence-corrected chi connectivity index (χ2v) is 4.08. The molecule has 0 spiro atoms. The fourth-order valence-electron chi connectivity index (χ4n) is 1.96. The van der Waals surface area contributed by atoms with Gasteiger partial charge in [0.1, 0.15) is 5.75 Å². The molecular weight excluding hydrogens is 202 g/mol. The first-order valence-electron chi connectivity index (χ1n) is 5.88. The molecule has 0 aromatic heterocycles. The van der Waals surface area contributed by atoms with Crippen molar-refractivity contribution in [1.29, 1.82) is 0 Å². The van der Waals surface area contributed by atoms with Crippen LogP contribution in [0.1, 0.15) is 19.3 Å². The monoisotopic (exact) mass is 221 g/mol. The first-order chi connectivity index (χ1) is 7.88. The van der Waals surface area contributed by atoms with Crippen LogP contribution in [0.25, 0.3) is 0 Å². The Labute approximate surface area is 96.8 Å². The molecule has 1 N–H and O–H groups in total. The summed E-state index contributed by atoms with van der Waals surface area (Å²) in [6.45, 7) is 1.91. The Kier molecular flexibility index (Phi) is 4.05. The van der Waals surface area contributed by atoms with Crippen molar-refractivity contribution in [1.82, 2.24) is 0 Å². The predicted octanol–water partition coefficient (Wildman–Crippen LogP) is 2.68. The Hall–Kier alpha value is -1.22. The van der Waals surface area contributed by atoms with Gasteiger partial charge < -0.3 is 14.8 Å². The van der Waals surface area contributed by atoms with Gasteiger partial charge in [0.2, 0.25) is 0 Å². The van der Waals surface area contributed by atoms with E-state index >= 15 is 0 Å². The summed E-state index contributed by atoms with van der Waals surface area (Å²) >= 11 is 0. The summed E-state index contributed by atoms with van der Waals surface area (Å²) in [5, 5.41) is 3.39. The Morgan fingerprint density at radius 2 is 2.19 bits per heavy atom. The first-order valence-corrected chi connectivity index (χ1v) is 5.88. The van der Waals surface area contributed by atoms with E-state index in [1.807, 2.05) is 24.3 Å². The number of anilines is 1. The van der Waals surface area contributed by atoms with Crippen LogP contribution < -0.4 is 10.1 Å². The van der Waals surface area contributed by atoms with Crippen molar-refractivity contribution in [3.8, 4) is 5.75 Å². The zero-order valence-electron chi connectivity index (χ0n) is 9.74. The molecule has 88 valence electrons. The number of methoxy groups -OCH3 is 1. The highest BCUT2D eigenvalue weighted by atomic mass is 16.5. The summed E-state index contributed by atoms with van der Waals surface area (Å²) in [7, 11) is 1.68. The lowest BCUT2D eigenvalue weighted by Gasteiger charge is -2.11. The molecule has 1 atom stereocenters. The van der Waals surface area contributed by atoms with E-state index in [1.165, 1.54) is 12.8 Å². The lowest BCUT2D eigenvalue weighted by atomic mass is 10.2. The first kappa shape index (κ1) is 11.3. The van der Waals surface area contributed by atoms with Crippen LogP contribution in [0.3, 0.4) is 0 Å². The van der Waals surface area contributed by atoms with Gasteiger partial charge in [0.25, 0.3) is 0 Å². The van der Waals surface area contributed by atoms with Gasteiger partial charge in [-0.15, -0.1) is 0 Å². The Morgan fingerprint density at radius 3 is 2.81 bits per heavy atom. The molecule has 1 saturated heterocycles. The van der Waals surface area contributed by atoms with Gasteiger partial charge in [-0.25, -0.2) is 0 Å². The molecule has 3 nitrogen and oxygen atoms in total. The topological polar surface area (TPSA) is 30.5 Å². The summed E-state index contributed by atoms with van der Waals surface area (Å²) in [4.78, 5) is 0. The Balaban J connectivity index is 1.71. The molecule has 2 rings (SSSR count). The number of benzene rings is 1. The molecule has 16 heavy (non-hydrogen) atoms. The molecule has 1 fully saturated rings. The molecule has 3 heteroatoms. The molecule has 0 amide bonds. The molecule has 1 heterocycles. The van der Waals surface area contributed by atoms with E-state index in [0.717, 1.165) is 31.0 Å². The van der Waals surface area contributed by atoms with Crippen molar-refractivity contribution in [3.63, 3.8) is 0 Å². The third kappa shape index (κ3) is 3.14. The average molecular weight is 221 g/mol. The van der Waals surface area contributed by atoms with Crippen molar-refractivity contribution >= 4 is 5.69 Å². The SMILES string of the molecule is COc1ccc(NCCC2CCCO2)cc1. The van der Waals surface area contributed by atoms with E-state index in [1.54, 1.807) is 7.11 Å². The normalized spacial score (nSPS) is 19.7. The third-order valence-electron chi connectivity index (χ3n) is 2.91. The van der Waals surface area contributed by atoms with Crippen molar-refractivity contribution in [2.75, 3.05) is 25.6 Å². The maximum Gasteiger partial charge on any atom is 0.119 e. The maximum absolute atomic E-state index is 5.57. The summed E-state index contributed by atoms with van der Waals surface area (Å²) in [6, 6.07) is 8.01. The molecule has 1 aromatic rings. The highest BCUT2D eigenvalue weighted by Crippen LogP contribution is 2.17. The van der Waals surface area contributed by atoms with Crippen molar-refractivity contribution in [3.05, 3.63) is 24.3 Å². The summed E-state index contributed by atoms with van der Waals surface area (Å²) in [6.07, 6.45) is 3.98. The molecule has 1 aromatic carbocycles. The van der Waals surface area contributed by atoms with E-state index < -0.39 is 0 Å². The number of ether oxygens (including phenoxy) is 2. The van der Waals surface area contributed by atoms with Crippen LogP contribution in [0.2, 0.25) is 0 Å². The lowest BCUT2D eigenvalue weighted by molar-refractivity contribution is 0.107. The van der Waals surface area contributed by atoms with E-state index in [4.69, 9.17) is 9.47 Å². The van der Waals surface area contributed by atoms with Gasteiger partial charge in [0, 0.05) is 18.8 Å². The second-order valence-electron chi connectivity index (χ2n) is 4.08. The lowest BCUT2D eigenvalue weighted by Crippen LogP contribution is -2.12. The van der Waals surface area contributed by atoms with E-state index in [2.05, 4.69) is 5.32 Å². The summed E-state index contributed by atoms with van der Waals surface area (Å²) in [5.41, 5.74) is 1.14. The smallest absolute Gasteiger partial charge is 0.119 e. The van der Waals surface area contributed by atoms with E-state index in [-0.39, 0.29) is 0 Å². The number of hydrogen-bond acceptors (Lipinski definition) is 3. The van der Waals surface area contributed by atoms with Gasteiger partial charge >= 0.3 is 0 Å². The van der Waals surface area contributed by atoms with Crippen molar-refractivity contribution < 1.29 is 9.47 Å². The van der Waals surface area contributed by atoms with Crippen LogP contribution in [0.15, 0.2) is 24.3 Å². The van der Waals surface area contributed by atoms with Gasteiger partial charge in [0.15, 0.2) is 0 Å². The number of hydrogen-bond donors (Lipinski definition) is 1. The highest BCUT2D eigenvalue weighted by Gasteiger charge is 2.14. The van der Waals surface area contributed by atoms with Crippen molar-refractivity contribution in [2.24, 2.45) is 0 Å². The van der Waals surface area contributed by atoms with Crippen LogP contribution in [0.5, 0.6) is 5.75 Å². The van der Waals surface area contributed by atoms with Gasteiger partial charge in [-0.2, -0.15) is 0 Å². The van der Waals surface area contributed by atoms with Crippen LogP contribution in [0, 0.1) is 0 Å². The minimum atomic E-state index is 0.464. The summed E-state index contributed by atoms with van der Waals surface area (Å²) < 4.78 is 10.7. The van der Waals surface area contributed by atoms with E-state index in [9.17, 15) is 0 Å². The van der Waals surface area contributed by atoms with Crippen LogP contribution in [-0.2, 0) is 4.74 Å². The minimum absolute atomic E-state index is 0.464. The summed E-state index contributed by atoms with van der Waals surface area (Å²) in [5.74, 6) is 0.893. The number of rotatable bonds is 5. The zero-order chi connectivity index (χ0) is 11.2. The molecule has 0 radical (unpaired) electrons. The van der Waals surface area contributed by atoms with Crippen LogP contribution in [-0.4, -0.2) is 26.4 Å². The molecule has 0 aliphatic carbocycles. The molecular formula is C13H19NO2. The predicted molar refractivity (Wildman–Crippen MR) is 65.1 cm³/mol. The third-order valence-corrected chi connectivity index (χ3v) is 2.91. The van der Waals surface area contributed by atoms with Gasteiger partial charge in [-0.1, -0.05) is 0 Å². The maximum atomic E-state index is 5.57. The Bertz CT molecular complexity index is 304. The van der Waals surface area contributed by atoms with Crippen molar-refractivity contribution in [2.45, 2.75) is 25.4 Å². The van der Waals surface area contributed by atoms with Gasteiger partial charge in [-0.05, 0) is 43.5 Å². The Morgan fingerprint density at radius 1 is 1.38 bits per heavy atom. The van der Waals surface area contributed by atoms with Crippen LogP contribution >= 0.6 is 0 Å². The quantitative estimate of drug-likeness (QED) is 0.829. The largest absolute Gasteiger partial charge is 0.497 e. The highest BCUT2D eigenvalue weighted by molar-refractivity contribution is 5.46. The number of nitrogens with one attached hydrogen (secondary N) is 1. The van der Waals surface area contributed by atoms with Gasteiger partial charge in [0.05, 0.1) is 13.2 Å². The van der Waals surface area contributed by atoms with Crippen LogP contribution in [0.4, 0.5) is 5.69 Å². The molecule has 1 aliphatic rings. The second kappa shape index (κ2) is 5.75.